The molecule has 0 aliphatic rings. The van der Waals surface area contributed by atoms with E-state index in [2.05, 4.69) is 10.1 Å². The first-order chi connectivity index (χ1) is 12.8. The molecule has 1 aromatic carbocycles. The lowest BCUT2D eigenvalue weighted by atomic mass is 10.3. The van der Waals surface area contributed by atoms with Crippen LogP contribution in [-0.2, 0) is 0 Å². The normalized spacial score (nSPS) is 11.7. The predicted molar refractivity (Wildman–Crippen MR) is 102 cm³/mol. The van der Waals surface area contributed by atoms with Crippen molar-refractivity contribution >= 4 is 32.6 Å². The van der Waals surface area contributed by atoms with Crippen LogP contribution in [-0.4, -0.2) is 52.8 Å². The maximum Gasteiger partial charge on any atom is 0.278 e. The van der Waals surface area contributed by atoms with E-state index in [-0.39, 0.29) is 17.5 Å². The van der Waals surface area contributed by atoms with Gasteiger partial charge in [-0.15, -0.1) is 0 Å². The number of nitrogens with zero attached hydrogens (tertiary/aromatic N) is 5. The zero-order valence-corrected chi connectivity index (χ0v) is 16.4. The van der Waals surface area contributed by atoms with Gasteiger partial charge in [0.05, 0.1) is 4.70 Å². The highest BCUT2D eigenvalue weighted by Crippen LogP contribution is 2.32. The molecule has 0 aliphatic heterocycles. The lowest BCUT2D eigenvalue weighted by molar-refractivity contribution is 0.0973. The van der Waals surface area contributed by atoms with Crippen LogP contribution in [0.2, 0.25) is 0 Å². The number of rotatable bonds is 6. The summed E-state index contributed by atoms with van der Waals surface area (Å²) in [6, 6.07) is 3.69. The topological polar surface area (TPSA) is 54.3 Å². The van der Waals surface area contributed by atoms with Crippen molar-refractivity contribution < 1.29 is 13.6 Å². The van der Waals surface area contributed by atoms with Crippen LogP contribution in [0.15, 0.2) is 24.4 Å². The lowest BCUT2D eigenvalue weighted by Crippen LogP contribution is -2.38. The van der Waals surface area contributed by atoms with Gasteiger partial charge in [-0.2, -0.15) is 5.10 Å². The van der Waals surface area contributed by atoms with Gasteiger partial charge >= 0.3 is 0 Å². The minimum absolute atomic E-state index is 0.0107. The van der Waals surface area contributed by atoms with E-state index < -0.39 is 11.6 Å². The van der Waals surface area contributed by atoms with E-state index in [0.717, 1.165) is 17.4 Å². The molecule has 0 radical (unpaired) electrons. The molecule has 0 aliphatic carbocycles. The second-order valence-electron chi connectivity index (χ2n) is 6.75. The number of hydrogen-bond donors (Lipinski definition) is 0. The molecule has 144 valence electrons. The van der Waals surface area contributed by atoms with E-state index in [1.807, 2.05) is 32.8 Å². The molecule has 1 amide bonds. The summed E-state index contributed by atoms with van der Waals surface area (Å²) in [5.41, 5.74) is 0.492. The first-order valence-corrected chi connectivity index (χ1v) is 9.35. The Morgan fingerprint density at radius 3 is 2.67 bits per heavy atom. The van der Waals surface area contributed by atoms with Gasteiger partial charge in [0.1, 0.15) is 17.0 Å². The first-order valence-electron chi connectivity index (χ1n) is 8.53. The second kappa shape index (κ2) is 7.69. The van der Waals surface area contributed by atoms with Crippen LogP contribution in [0.3, 0.4) is 0 Å². The molecule has 9 heteroatoms. The summed E-state index contributed by atoms with van der Waals surface area (Å²) < 4.78 is 29.6. The molecule has 0 N–H and O–H groups in total. The van der Waals surface area contributed by atoms with Gasteiger partial charge in [0, 0.05) is 31.4 Å². The summed E-state index contributed by atoms with van der Waals surface area (Å²) in [4.78, 5) is 20.9. The minimum atomic E-state index is -0.736. The van der Waals surface area contributed by atoms with E-state index >= 15 is 0 Å². The van der Waals surface area contributed by atoms with Crippen LogP contribution >= 0.6 is 11.3 Å². The summed E-state index contributed by atoms with van der Waals surface area (Å²) >= 11 is 1.09. The highest BCUT2D eigenvalue weighted by molar-refractivity contribution is 7.22. The molecule has 27 heavy (non-hydrogen) atoms. The van der Waals surface area contributed by atoms with Crippen molar-refractivity contribution in [2.75, 3.05) is 32.1 Å². The number of amides is 1. The van der Waals surface area contributed by atoms with E-state index in [1.165, 1.54) is 11.0 Å². The molecule has 0 fully saturated rings. The van der Waals surface area contributed by atoms with Crippen molar-refractivity contribution in [2.45, 2.75) is 19.9 Å². The Morgan fingerprint density at radius 2 is 2.00 bits per heavy atom. The van der Waals surface area contributed by atoms with E-state index in [9.17, 15) is 13.6 Å². The molecule has 0 unspecified atom stereocenters. The Balaban J connectivity index is 2.04. The van der Waals surface area contributed by atoms with Crippen LogP contribution in [0.25, 0.3) is 10.2 Å². The van der Waals surface area contributed by atoms with Crippen molar-refractivity contribution in [3.8, 4) is 0 Å². The molecule has 3 aromatic rings. The Morgan fingerprint density at radius 1 is 1.26 bits per heavy atom. The molecular weight excluding hydrogens is 372 g/mol. The third-order valence-corrected chi connectivity index (χ3v) is 5.05. The van der Waals surface area contributed by atoms with Crippen molar-refractivity contribution in [3.05, 3.63) is 41.7 Å². The summed E-state index contributed by atoms with van der Waals surface area (Å²) in [5.74, 6) is -1.68. The maximum atomic E-state index is 14.1. The monoisotopic (exact) mass is 393 g/mol. The second-order valence-corrected chi connectivity index (χ2v) is 7.75. The largest absolute Gasteiger partial charge is 0.308 e. The molecule has 0 saturated carbocycles. The quantitative estimate of drug-likeness (QED) is 0.643. The smallest absolute Gasteiger partial charge is 0.278 e. The summed E-state index contributed by atoms with van der Waals surface area (Å²) in [6.07, 6.45) is 1.57. The molecule has 0 saturated heterocycles. The Kier molecular flexibility index (Phi) is 5.52. The van der Waals surface area contributed by atoms with Crippen LogP contribution in [0.1, 0.15) is 30.4 Å². The molecular formula is C18H21F2N5OS. The third kappa shape index (κ3) is 3.98. The molecule has 2 heterocycles. The predicted octanol–water partition coefficient (Wildman–Crippen LogP) is 3.56. The Hall–Kier alpha value is -2.39. The summed E-state index contributed by atoms with van der Waals surface area (Å²) in [5, 5.41) is 4.54. The Labute approximate surface area is 160 Å². The number of aromatic nitrogens is 3. The van der Waals surface area contributed by atoms with Crippen LogP contribution in [0.4, 0.5) is 13.9 Å². The third-order valence-electron chi connectivity index (χ3n) is 4.03. The number of carbonyl (C=O) groups is 1. The van der Waals surface area contributed by atoms with Crippen LogP contribution < -0.4 is 4.90 Å². The average Bonchev–Trinajstić information content (AvgIpc) is 3.21. The van der Waals surface area contributed by atoms with E-state index in [1.54, 1.807) is 16.9 Å². The summed E-state index contributed by atoms with van der Waals surface area (Å²) in [6.45, 7) is 4.82. The molecule has 3 rings (SSSR count). The zero-order chi connectivity index (χ0) is 19.7. The minimum Gasteiger partial charge on any atom is -0.308 e. The molecule has 0 bridgehead atoms. The van der Waals surface area contributed by atoms with Gasteiger partial charge in [-0.3, -0.25) is 14.4 Å². The number of hydrogen-bond acceptors (Lipinski definition) is 5. The standard InChI is InChI=1S/C18H21F2N5OS/c1-11(2)25-14(5-6-21-25)17(26)24(8-7-23(3)4)18-22-16-13(20)9-12(19)10-15(16)27-18/h5-6,9-11H,7-8H2,1-4H3. The summed E-state index contributed by atoms with van der Waals surface area (Å²) in [7, 11) is 3.79. The van der Waals surface area contributed by atoms with Crippen LogP contribution in [0.5, 0.6) is 0 Å². The number of carbonyl (C=O) groups excluding carboxylic acids is 1. The van der Waals surface area contributed by atoms with Gasteiger partial charge in [0.2, 0.25) is 0 Å². The lowest BCUT2D eigenvalue weighted by Gasteiger charge is -2.22. The highest BCUT2D eigenvalue weighted by Gasteiger charge is 2.25. The fraction of sp³-hybridized carbons (Fsp3) is 0.389. The number of fused-ring (bicyclic) bond motifs is 1. The average molecular weight is 393 g/mol. The van der Waals surface area contributed by atoms with Gasteiger partial charge < -0.3 is 4.90 Å². The van der Waals surface area contributed by atoms with Crippen molar-refractivity contribution in [1.29, 1.82) is 0 Å². The molecule has 2 aromatic heterocycles. The number of thiazole rings is 1. The van der Waals surface area contributed by atoms with Gasteiger partial charge in [0.25, 0.3) is 5.91 Å². The maximum absolute atomic E-state index is 14.1. The first kappa shape index (κ1) is 19.4. The van der Waals surface area contributed by atoms with Crippen LogP contribution in [0, 0.1) is 11.6 Å². The molecule has 0 atom stereocenters. The fourth-order valence-corrected chi connectivity index (χ4v) is 3.71. The van der Waals surface area contributed by atoms with Gasteiger partial charge in [0.15, 0.2) is 10.9 Å². The molecule has 6 nitrogen and oxygen atoms in total. The number of benzene rings is 1. The number of halogens is 2. The van der Waals surface area contributed by atoms with Crippen molar-refractivity contribution in [2.24, 2.45) is 0 Å². The SMILES string of the molecule is CC(C)n1nccc1C(=O)N(CCN(C)C)c1nc2c(F)cc(F)cc2s1. The number of anilines is 1. The van der Waals surface area contributed by atoms with Crippen molar-refractivity contribution in [1.82, 2.24) is 19.7 Å². The number of likely N-dealkylation sites (N-methyl/N-ethyl adjacent to an activating group) is 1. The van der Waals surface area contributed by atoms with Crippen molar-refractivity contribution in [3.63, 3.8) is 0 Å². The Bertz CT molecular complexity index is 966. The highest BCUT2D eigenvalue weighted by atomic mass is 32.1. The molecule has 0 spiro atoms. The zero-order valence-electron chi connectivity index (χ0n) is 15.6. The van der Waals surface area contributed by atoms with E-state index in [0.29, 0.717) is 28.6 Å². The fourth-order valence-electron chi connectivity index (χ4n) is 2.68. The van der Waals surface area contributed by atoms with Gasteiger partial charge in [-0.25, -0.2) is 13.8 Å². The van der Waals surface area contributed by atoms with Gasteiger partial charge in [-0.05, 0) is 40.1 Å². The van der Waals surface area contributed by atoms with Gasteiger partial charge in [-0.1, -0.05) is 11.3 Å². The van der Waals surface area contributed by atoms with E-state index in [4.69, 9.17) is 0 Å².